The molecule has 2 atom stereocenters. The number of thiophene rings is 1. The van der Waals surface area contributed by atoms with Crippen LogP contribution in [0.4, 0.5) is 0 Å². The highest BCUT2D eigenvalue weighted by molar-refractivity contribution is 7.10. The molecule has 0 aromatic carbocycles. The van der Waals surface area contributed by atoms with Crippen molar-refractivity contribution in [1.29, 1.82) is 0 Å². The van der Waals surface area contributed by atoms with Gasteiger partial charge in [-0.25, -0.2) is 0 Å². The molecule has 21 heavy (non-hydrogen) atoms. The average Bonchev–Trinajstić information content (AvgIpc) is 2.92. The summed E-state index contributed by atoms with van der Waals surface area (Å²) in [5, 5.41) is 6.06. The highest BCUT2D eigenvalue weighted by atomic mass is 32.1. The largest absolute Gasteiger partial charge is 0.314 e. The minimum Gasteiger partial charge on any atom is -0.314 e. The Morgan fingerprint density at radius 2 is 2.00 bits per heavy atom. The zero-order valence-corrected chi connectivity index (χ0v) is 14.4. The van der Waals surface area contributed by atoms with Crippen molar-refractivity contribution in [3.63, 3.8) is 0 Å². The van der Waals surface area contributed by atoms with Crippen LogP contribution in [0.5, 0.6) is 0 Å². The first kappa shape index (κ1) is 15.5. The van der Waals surface area contributed by atoms with Gasteiger partial charge in [-0.2, -0.15) is 0 Å². The predicted octanol–water partition coefficient (Wildman–Crippen LogP) is 4.20. The van der Waals surface area contributed by atoms with Crippen LogP contribution in [0.1, 0.15) is 62.8 Å². The third kappa shape index (κ3) is 3.52. The molecule has 0 saturated carbocycles. The van der Waals surface area contributed by atoms with Crippen LogP contribution in [-0.4, -0.2) is 29.6 Å². The smallest absolute Gasteiger partial charge is 0.0336 e. The molecule has 3 rings (SSSR count). The third-order valence-electron chi connectivity index (χ3n) is 5.35. The predicted molar refractivity (Wildman–Crippen MR) is 92.0 cm³/mol. The van der Waals surface area contributed by atoms with E-state index in [1.165, 1.54) is 58.0 Å². The van der Waals surface area contributed by atoms with Gasteiger partial charge >= 0.3 is 0 Å². The molecule has 0 radical (unpaired) electrons. The van der Waals surface area contributed by atoms with Gasteiger partial charge in [0.15, 0.2) is 0 Å². The van der Waals surface area contributed by atoms with Crippen LogP contribution < -0.4 is 5.32 Å². The fourth-order valence-electron chi connectivity index (χ4n) is 4.24. The molecule has 1 aromatic heterocycles. The third-order valence-corrected chi connectivity index (χ3v) is 6.30. The van der Waals surface area contributed by atoms with Crippen molar-refractivity contribution in [3.05, 3.63) is 21.9 Å². The molecule has 2 aliphatic heterocycles. The molecule has 2 aliphatic rings. The molecular weight excluding hydrogens is 276 g/mol. The molecule has 2 fully saturated rings. The first-order valence-electron chi connectivity index (χ1n) is 8.86. The van der Waals surface area contributed by atoms with Crippen molar-refractivity contribution in [3.8, 4) is 0 Å². The Kier molecular flexibility index (Phi) is 5.36. The van der Waals surface area contributed by atoms with Crippen LogP contribution >= 0.6 is 11.3 Å². The standard InChI is InChI=1S/C18H30N2S/c1-3-9-19-15-11-16-6-5-7-17(12-15)20(16)13-18-14(4-2)8-10-21-18/h8,10,15-17,19H,3-7,9,11-13H2,1-2H3. The number of piperidine rings is 2. The van der Waals surface area contributed by atoms with Crippen molar-refractivity contribution in [2.45, 2.75) is 83.5 Å². The zero-order chi connectivity index (χ0) is 14.7. The molecule has 0 amide bonds. The molecule has 1 aromatic rings. The van der Waals surface area contributed by atoms with E-state index in [9.17, 15) is 0 Å². The first-order chi connectivity index (χ1) is 10.3. The lowest BCUT2D eigenvalue weighted by molar-refractivity contribution is 0.0184. The maximum absolute atomic E-state index is 3.78. The lowest BCUT2D eigenvalue weighted by Gasteiger charge is -2.49. The molecule has 1 N–H and O–H groups in total. The van der Waals surface area contributed by atoms with Gasteiger partial charge in [-0.3, -0.25) is 4.90 Å². The molecule has 0 aliphatic carbocycles. The summed E-state index contributed by atoms with van der Waals surface area (Å²) in [6.07, 6.45) is 9.43. The maximum atomic E-state index is 3.78. The fraction of sp³-hybridized carbons (Fsp3) is 0.778. The van der Waals surface area contributed by atoms with E-state index >= 15 is 0 Å². The van der Waals surface area contributed by atoms with Gasteiger partial charge in [0.2, 0.25) is 0 Å². The van der Waals surface area contributed by atoms with Gasteiger partial charge in [0.05, 0.1) is 0 Å². The van der Waals surface area contributed by atoms with Crippen LogP contribution in [0.3, 0.4) is 0 Å². The van der Waals surface area contributed by atoms with Gasteiger partial charge in [-0.15, -0.1) is 11.3 Å². The van der Waals surface area contributed by atoms with Crippen molar-refractivity contribution in [2.24, 2.45) is 0 Å². The summed E-state index contributed by atoms with van der Waals surface area (Å²) in [6.45, 7) is 6.95. The Morgan fingerprint density at radius 1 is 1.24 bits per heavy atom. The average molecular weight is 307 g/mol. The van der Waals surface area contributed by atoms with E-state index in [2.05, 4.69) is 35.5 Å². The highest BCUT2D eigenvalue weighted by Crippen LogP contribution is 2.36. The Labute approximate surface area is 133 Å². The summed E-state index contributed by atoms with van der Waals surface area (Å²) >= 11 is 1.96. The van der Waals surface area contributed by atoms with Gasteiger partial charge < -0.3 is 5.32 Å². The summed E-state index contributed by atoms with van der Waals surface area (Å²) in [4.78, 5) is 4.47. The number of hydrogen-bond acceptors (Lipinski definition) is 3. The second-order valence-corrected chi connectivity index (χ2v) is 7.76. The van der Waals surface area contributed by atoms with Gasteiger partial charge in [0, 0.05) is 29.5 Å². The quantitative estimate of drug-likeness (QED) is 0.847. The summed E-state index contributed by atoms with van der Waals surface area (Å²) in [6, 6.07) is 4.73. The van der Waals surface area contributed by atoms with Gasteiger partial charge in [-0.1, -0.05) is 20.3 Å². The summed E-state index contributed by atoms with van der Waals surface area (Å²) < 4.78 is 0. The SMILES string of the molecule is CCCNC1CC2CCCC(C1)N2Cc1sccc1CC. The summed E-state index contributed by atoms with van der Waals surface area (Å²) in [7, 11) is 0. The summed E-state index contributed by atoms with van der Waals surface area (Å²) in [5.41, 5.74) is 1.57. The molecule has 2 nitrogen and oxygen atoms in total. The van der Waals surface area contributed by atoms with Crippen molar-refractivity contribution < 1.29 is 0 Å². The minimum atomic E-state index is 0.769. The Balaban J connectivity index is 1.66. The van der Waals surface area contributed by atoms with Crippen molar-refractivity contribution in [2.75, 3.05) is 6.54 Å². The van der Waals surface area contributed by atoms with E-state index in [-0.39, 0.29) is 0 Å². The van der Waals surface area contributed by atoms with Gasteiger partial charge in [0.1, 0.15) is 0 Å². The van der Waals surface area contributed by atoms with Gasteiger partial charge in [-0.05, 0) is 62.1 Å². The van der Waals surface area contributed by atoms with E-state index in [1.54, 1.807) is 10.4 Å². The molecule has 3 heterocycles. The van der Waals surface area contributed by atoms with Crippen LogP contribution in [0.2, 0.25) is 0 Å². The molecule has 2 bridgehead atoms. The Morgan fingerprint density at radius 3 is 2.67 bits per heavy atom. The Bertz CT molecular complexity index is 428. The lowest BCUT2D eigenvalue weighted by Crippen LogP contribution is -2.55. The second-order valence-electron chi connectivity index (χ2n) is 6.76. The molecular formula is C18H30N2S. The number of hydrogen-bond donors (Lipinski definition) is 1. The zero-order valence-electron chi connectivity index (χ0n) is 13.6. The lowest BCUT2D eigenvalue weighted by atomic mass is 9.81. The summed E-state index contributed by atoms with van der Waals surface area (Å²) in [5.74, 6) is 0. The monoisotopic (exact) mass is 306 g/mol. The molecule has 118 valence electrons. The fourth-order valence-corrected chi connectivity index (χ4v) is 5.22. The van der Waals surface area contributed by atoms with Crippen LogP contribution in [-0.2, 0) is 13.0 Å². The number of nitrogens with one attached hydrogen (secondary N) is 1. The van der Waals surface area contributed by atoms with E-state index < -0.39 is 0 Å². The molecule has 2 saturated heterocycles. The molecule has 0 spiro atoms. The van der Waals surface area contributed by atoms with E-state index in [1.807, 2.05) is 11.3 Å². The normalized spacial score (nSPS) is 29.7. The Hall–Kier alpha value is -0.380. The molecule has 3 heteroatoms. The van der Waals surface area contributed by atoms with Crippen molar-refractivity contribution >= 4 is 11.3 Å². The van der Waals surface area contributed by atoms with E-state index in [0.717, 1.165) is 18.1 Å². The number of aryl methyl sites for hydroxylation is 1. The highest BCUT2D eigenvalue weighted by Gasteiger charge is 2.38. The van der Waals surface area contributed by atoms with Gasteiger partial charge in [0.25, 0.3) is 0 Å². The number of fused-ring (bicyclic) bond motifs is 2. The van der Waals surface area contributed by atoms with Crippen LogP contribution in [0.25, 0.3) is 0 Å². The number of nitrogens with zero attached hydrogens (tertiary/aromatic N) is 1. The number of rotatable bonds is 6. The van der Waals surface area contributed by atoms with Crippen LogP contribution in [0.15, 0.2) is 11.4 Å². The minimum absolute atomic E-state index is 0.769. The first-order valence-corrected chi connectivity index (χ1v) is 9.74. The van der Waals surface area contributed by atoms with E-state index in [0.29, 0.717) is 0 Å². The topological polar surface area (TPSA) is 15.3 Å². The van der Waals surface area contributed by atoms with Crippen molar-refractivity contribution in [1.82, 2.24) is 10.2 Å². The van der Waals surface area contributed by atoms with E-state index in [4.69, 9.17) is 0 Å². The second kappa shape index (κ2) is 7.26. The van der Waals surface area contributed by atoms with Crippen LogP contribution in [0, 0.1) is 0 Å². The maximum Gasteiger partial charge on any atom is 0.0336 e. The molecule has 2 unspecified atom stereocenters.